The van der Waals surface area contributed by atoms with E-state index in [9.17, 15) is 9.59 Å². The Kier molecular flexibility index (Phi) is 4.55. The van der Waals surface area contributed by atoms with Gasteiger partial charge in [0, 0.05) is 38.9 Å². The van der Waals surface area contributed by atoms with Gasteiger partial charge in [0.1, 0.15) is 5.60 Å². The van der Waals surface area contributed by atoms with Gasteiger partial charge >= 0.3 is 0 Å². The first-order valence-electron chi connectivity index (χ1n) is 10.7. The zero-order valence-electron chi connectivity index (χ0n) is 18.4. The van der Waals surface area contributed by atoms with Crippen LogP contribution in [0.5, 0.6) is 0 Å². The zero-order chi connectivity index (χ0) is 21.9. The molecule has 4 atom stereocenters. The molecule has 3 aliphatic heterocycles. The summed E-state index contributed by atoms with van der Waals surface area (Å²) in [6.07, 6.45) is 7.30. The Labute approximate surface area is 182 Å². The van der Waals surface area contributed by atoms with E-state index in [0.717, 1.165) is 16.7 Å². The van der Waals surface area contributed by atoms with Crippen LogP contribution in [0.15, 0.2) is 42.7 Å². The van der Waals surface area contributed by atoms with Crippen molar-refractivity contribution in [2.75, 3.05) is 13.6 Å². The summed E-state index contributed by atoms with van der Waals surface area (Å²) in [5, 5.41) is 4.17. The third-order valence-electron chi connectivity index (χ3n) is 6.88. The lowest BCUT2D eigenvalue weighted by Gasteiger charge is -2.27. The van der Waals surface area contributed by atoms with Gasteiger partial charge in [0.15, 0.2) is 0 Å². The maximum Gasteiger partial charge on any atom is 0.230 e. The number of carbonyl (C=O) groups excluding carboxylic acids is 2. The molecule has 0 aliphatic carbocycles. The molecule has 1 aromatic heterocycles. The van der Waals surface area contributed by atoms with Crippen LogP contribution in [0.25, 0.3) is 0 Å². The Balaban J connectivity index is 1.37. The lowest BCUT2D eigenvalue weighted by atomic mass is 9.76. The monoisotopic (exact) mass is 420 g/mol. The summed E-state index contributed by atoms with van der Waals surface area (Å²) >= 11 is 0. The second-order valence-electron chi connectivity index (χ2n) is 9.24. The van der Waals surface area contributed by atoms with Crippen LogP contribution >= 0.6 is 0 Å². The quantitative estimate of drug-likeness (QED) is 0.694. The summed E-state index contributed by atoms with van der Waals surface area (Å²) < 4.78 is 8.00. The van der Waals surface area contributed by atoms with E-state index in [4.69, 9.17) is 4.74 Å². The number of hydrogen-bond donors (Lipinski definition) is 0. The molecule has 4 heterocycles. The van der Waals surface area contributed by atoms with E-state index in [1.54, 1.807) is 22.8 Å². The lowest BCUT2D eigenvalue weighted by molar-refractivity contribution is -0.142. The molecule has 2 fully saturated rings. The molecule has 2 saturated heterocycles. The van der Waals surface area contributed by atoms with E-state index < -0.39 is 17.4 Å². The fourth-order valence-corrected chi connectivity index (χ4v) is 5.33. The first kappa shape index (κ1) is 20.0. The molecule has 5 rings (SSSR count). The van der Waals surface area contributed by atoms with Gasteiger partial charge in [0.05, 0.1) is 30.7 Å². The fourth-order valence-electron chi connectivity index (χ4n) is 5.33. The van der Waals surface area contributed by atoms with Gasteiger partial charge in [-0.05, 0) is 25.0 Å². The van der Waals surface area contributed by atoms with E-state index in [2.05, 4.69) is 37.1 Å². The van der Waals surface area contributed by atoms with Crippen molar-refractivity contribution in [2.24, 2.45) is 18.9 Å². The molecule has 3 aliphatic rings. The molecular formula is C24H28N4O3. The minimum atomic E-state index is -0.686. The average molecular weight is 421 g/mol. The van der Waals surface area contributed by atoms with Crippen LogP contribution < -0.4 is 0 Å². The maximum atomic E-state index is 13.5. The van der Waals surface area contributed by atoms with Crippen LogP contribution in [0.3, 0.4) is 0 Å². The second kappa shape index (κ2) is 7.05. The van der Waals surface area contributed by atoms with Gasteiger partial charge in [-0.15, -0.1) is 0 Å². The van der Waals surface area contributed by atoms with E-state index in [0.29, 0.717) is 19.6 Å². The number of aromatic nitrogens is 2. The van der Waals surface area contributed by atoms with E-state index in [1.807, 2.05) is 30.3 Å². The molecule has 31 heavy (non-hydrogen) atoms. The SMILES string of the molecule is Cc1ccc(C)c(CN2C[C@]34C=C[C@H](O3)C(C(=O)N(C)Cc3cnn(C)c3)C4C2=O)c1. The van der Waals surface area contributed by atoms with Gasteiger partial charge in [-0.2, -0.15) is 5.10 Å². The Morgan fingerprint density at radius 2 is 2.16 bits per heavy atom. The van der Waals surface area contributed by atoms with Gasteiger partial charge in [-0.1, -0.05) is 35.9 Å². The van der Waals surface area contributed by atoms with Crippen LogP contribution in [-0.4, -0.2) is 56.7 Å². The highest BCUT2D eigenvalue weighted by molar-refractivity contribution is 5.93. The number of carbonyl (C=O) groups is 2. The minimum Gasteiger partial charge on any atom is -0.360 e. The molecule has 7 nitrogen and oxygen atoms in total. The Hall–Kier alpha value is -2.93. The van der Waals surface area contributed by atoms with Crippen molar-refractivity contribution < 1.29 is 14.3 Å². The Morgan fingerprint density at radius 1 is 1.35 bits per heavy atom. The molecule has 7 heteroatoms. The average Bonchev–Trinajstić information content (AvgIpc) is 3.46. The summed E-state index contributed by atoms with van der Waals surface area (Å²) in [5.41, 5.74) is 3.75. The fraction of sp³-hybridized carbons (Fsp3) is 0.458. The molecule has 162 valence electrons. The standard InChI is InChI=1S/C24H28N4O3/c1-15-5-6-16(2)18(9-15)13-28-14-24-8-7-19(31-24)20(21(24)23(28)30)22(29)26(3)11-17-10-25-27(4)12-17/h5-10,12,19-21H,11,13-14H2,1-4H3/t19-,20?,21?,24-/m0/s1. The third-order valence-corrected chi connectivity index (χ3v) is 6.88. The smallest absolute Gasteiger partial charge is 0.230 e. The number of nitrogens with zero attached hydrogens (tertiary/aromatic N) is 4. The molecule has 0 radical (unpaired) electrons. The van der Waals surface area contributed by atoms with E-state index in [-0.39, 0.29) is 17.9 Å². The van der Waals surface area contributed by atoms with Crippen molar-refractivity contribution in [1.29, 1.82) is 0 Å². The van der Waals surface area contributed by atoms with Crippen LogP contribution in [0, 0.1) is 25.7 Å². The summed E-state index contributed by atoms with van der Waals surface area (Å²) in [5.74, 6) is -0.980. The van der Waals surface area contributed by atoms with Crippen LogP contribution in [-0.2, 0) is 34.5 Å². The second-order valence-corrected chi connectivity index (χ2v) is 9.24. The highest BCUT2D eigenvalue weighted by Gasteiger charge is 2.67. The number of aryl methyl sites for hydroxylation is 3. The predicted octanol–water partition coefficient (Wildman–Crippen LogP) is 1.98. The number of hydrogen-bond acceptors (Lipinski definition) is 4. The van der Waals surface area contributed by atoms with Crippen molar-refractivity contribution in [2.45, 2.75) is 38.6 Å². The van der Waals surface area contributed by atoms with E-state index in [1.165, 1.54) is 5.56 Å². The molecular weight excluding hydrogens is 392 g/mol. The number of benzene rings is 1. The normalized spacial score (nSPS) is 28.5. The van der Waals surface area contributed by atoms with Crippen molar-refractivity contribution in [3.05, 3.63) is 65.0 Å². The van der Waals surface area contributed by atoms with Crippen molar-refractivity contribution >= 4 is 11.8 Å². The molecule has 2 unspecified atom stereocenters. The van der Waals surface area contributed by atoms with Crippen LogP contribution in [0.4, 0.5) is 0 Å². The minimum absolute atomic E-state index is 0.0147. The third kappa shape index (κ3) is 3.19. The van der Waals surface area contributed by atoms with Gasteiger partial charge in [-0.3, -0.25) is 14.3 Å². The number of ether oxygens (including phenoxy) is 1. The van der Waals surface area contributed by atoms with Gasteiger partial charge in [0.2, 0.25) is 11.8 Å². The maximum absolute atomic E-state index is 13.5. The van der Waals surface area contributed by atoms with Gasteiger partial charge < -0.3 is 14.5 Å². The molecule has 2 aromatic rings. The Bertz CT molecular complexity index is 1090. The lowest BCUT2D eigenvalue weighted by Crippen LogP contribution is -2.44. The van der Waals surface area contributed by atoms with Crippen LogP contribution in [0.2, 0.25) is 0 Å². The number of rotatable bonds is 5. The van der Waals surface area contributed by atoms with Gasteiger partial charge in [0.25, 0.3) is 0 Å². The summed E-state index contributed by atoms with van der Waals surface area (Å²) in [4.78, 5) is 30.5. The summed E-state index contributed by atoms with van der Waals surface area (Å²) in [7, 11) is 3.64. The topological polar surface area (TPSA) is 67.7 Å². The molecule has 0 saturated carbocycles. The number of fused-ring (bicyclic) bond motifs is 1. The molecule has 0 N–H and O–H groups in total. The summed E-state index contributed by atoms with van der Waals surface area (Å²) in [6, 6.07) is 6.30. The van der Waals surface area contributed by atoms with Gasteiger partial charge in [-0.25, -0.2) is 0 Å². The molecule has 1 aromatic carbocycles. The molecule has 2 amide bonds. The highest BCUT2D eigenvalue weighted by atomic mass is 16.5. The predicted molar refractivity (Wildman–Crippen MR) is 115 cm³/mol. The van der Waals surface area contributed by atoms with Crippen molar-refractivity contribution in [3.8, 4) is 0 Å². The zero-order valence-corrected chi connectivity index (χ0v) is 18.4. The largest absolute Gasteiger partial charge is 0.360 e. The van der Waals surface area contributed by atoms with E-state index >= 15 is 0 Å². The Morgan fingerprint density at radius 3 is 2.90 bits per heavy atom. The summed E-state index contributed by atoms with van der Waals surface area (Å²) in [6.45, 7) is 5.62. The highest BCUT2D eigenvalue weighted by Crippen LogP contribution is 2.52. The van der Waals surface area contributed by atoms with Crippen molar-refractivity contribution in [3.63, 3.8) is 0 Å². The number of likely N-dealkylation sites (tertiary alicyclic amines) is 1. The van der Waals surface area contributed by atoms with Crippen molar-refractivity contribution in [1.82, 2.24) is 19.6 Å². The van der Waals surface area contributed by atoms with Crippen LogP contribution in [0.1, 0.15) is 22.3 Å². The molecule has 1 spiro atoms. The molecule has 2 bridgehead atoms. The number of amides is 2. The first-order valence-corrected chi connectivity index (χ1v) is 10.7. The first-order chi connectivity index (χ1) is 14.8.